The van der Waals surface area contributed by atoms with Gasteiger partial charge >= 0.3 is 0 Å². The molecule has 0 saturated carbocycles. The van der Waals surface area contributed by atoms with Crippen LogP contribution in [0.1, 0.15) is 13.8 Å². The Hall–Kier alpha value is -0.870. The third-order valence-electron chi connectivity index (χ3n) is 1.81. The van der Waals surface area contributed by atoms with Gasteiger partial charge in [-0.05, 0) is 17.4 Å². The number of hydrogen-bond donors (Lipinski definition) is 2. The summed E-state index contributed by atoms with van der Waals surface area (Å²) >= 11 is 1.55. The molecule has 1 heterocycles. The van der Waals surface area contributed by atoms with E-state index in [0.29, 0.717) is 0 Å². The van der Waals surface area contributed by atoms with Gasteiger partial charge < -0.3 is 11.1 Å². The molecule has 1 atom stereocenters. The van der Waals surface area contributed by atoms with E-state index < -0.39 is 6.04 Å². The van der Waals surface area contributed by atoms with Gasteiger partial charge in [0, 0.05) is 5.38 Å². The zero-order valence-corrected chi connectivity index (χ0v) is 8.60. The van der Waals surface area contributed by atoms with Gasteiger partial charge in [0.1, 0.15) is 0 Å². The first kappa shape index (κ1) is 10.2. The average Bonchev–Trinajstić information content (AvgIpc) is 2.55. The summed E-state index contributed by atoms with van der Waals surface area (Å²) in [6.45, 7) is 3.86. The molecule has 0 aliphatic rings. The molecule has 0 aliphatic carbocycles. The van der Waals surface area contributed by atoms with Crippen molar-refractivity contribution in [2.45, 2.75) is 19.9 Å². The predicted octanol–water partition coefficient (Wildman–Crippen LogP) is 1.67. The highest BCUT2D eigenvalue weighted by molar-refractivity contribution is 7.08. The molecule has 0 aromatic carbocycles. The highest BCUT2D eigenvalue weighted by Gasteiger charge is 2.16. The van der Waals surface area contributed by atoms with Crippen LogP contribution >= 0.6 is 11.3 Å². The number of nitrogens with one attached hydrogen (secondary N) is 1. The van der Waals surface area contributed by atoms with Gasteiger partial charge in [-0.1, -0.05) is 13.8 Å². The third kappa shape index (κ3) is 2.82. The average molecular weight is 198 g/mol. The largest absolute Gasteiger partial charge is 0.324 e. The Morgan fingerprint density at radius 1 is 1.62 bits per heavy atom. The predicted molar refractivity (Wildman–Crippen MR) is 55.8 cm³/mol. The first-order chi connectivity index (χ1) is 6.11. The molecule has 0 aliphatic heterocycles. The molecule has 1 aromatic rings. The maximum Gasteiger partial charge on any atom is 0.241 e. The van der Waals surface area contributed by atoms with Gasteiger partial charge in [0.2, 0.25) is 5.91 Å². The number of nitrogens with two attached hydrogens (primary N) is 1. The number of anilines is 1. The lowest BCUT2D eigenvalue weighted by Crippen LogP contribution is -2.39. The summed E-state index contributed by atoms with van der Waals surface area (Å²) < 4.78 is 0. The molecule has 1 amide bonds. The van der Waals surface area contributed by atoms with Crippen LogP contribution in [0, 0.1) is 5.92 Å². The van der Waals surface area contributed by atoms with Crippen molar-refractivity contribution in [3.05, 3.63) is 16.8 Å². The number of amides is 1. The Balaban J connectivity index is 2.51. The zero-order chi connectivity index (χ0) is 9.84. The van der Waals surface area contributed by atoms with E-state index in [-0.39, 0.29) is 11.8 Å². The molecule has 0 radical (unpaired) electrons. The van der Waals surface area contributed by atoms with E-state index in [9.17, 15) is 4.79 Å². The first-order valence-electron chi connectivity index (χ1n) is 4.20. The molecule has 3 N–H and O–H groups in total. The van der Waals surface area contributed by atoms with Crippen LogP contribution in [0.15, 0.2) is 16.8 Å². The minimum atomic E-state index is -0.431. The van der Waals surface area contributed by atoms with Gasteiger partial charge in [0.05, 0.1) is 11.7 Å². The van der Waals surface area contributed by atoms with Gasteiger partial charge in [-0.25, -0.2) is 0 Å². The minimum Gasteiger partial charge on any atom is -0.324 e. The molecule has 72 valence electrons. The number of thiophene rings is 1. The quantitative estimate of drug-likeness (QED) is 0.776. The normalized spacial score (nSPS) is 12.9. The second kappa shape index (κ2) is 4.39. The van der Waals surface area contributed by atoms with Crippen molar-refractivity contribution in [1.29, 1.82) is 0 Å². The Kier molecular flexibility index (Phi) is 3.45. The fourth-order valence-electron chi connectivity index (χ4n) is 0.864. The van der Waals surface area contributed by atoms with Gasteiger partial charge in [0.25, 0.3) is 0 Å². The Morgan fingerprint density at radius 2 is 2.31 bits per heavy atom. The van der Waals surface area contributed by atoms with Gasteiger partial charge in [0.15, 0.2) is 0 Å². The van der Waals surface area contributed by atoms with Crippen LogP contribution in [0.4, 0.5) is 5.69 Å². The monoisotopic (exact) mass is 198 g/mol. The van der Waals surface area contributed by atoms with Crippen molar-refractivity contribution in [3.63, 3.8) is 0 Å². The van der Waals surface area contributed by atoms with E-state index in [1.54, 1.807) is 11.3 Å². The van der Waals surface area contributed by atoms with Gasteiger partial charge in [-0.2, -0.15) is 11.3 Å². The van der Waals surface area contributed by atoms with E-state index in [2.05, 4.69) is 5.32 Å². The van der Waals surface area contributed by atoms with Crippen LogP contribution in [0.25, 0.3) is 0 Å². The van der Waals surface area contributed by atoms with Crippen molar-refractivity contribution in [2.75, 3.05) is 5.32 Å². The summed E-state index contributed by atoms with van der Waals surface area (Å²) in [6.07, 6.45) is 0. The van der Waals surface area contributed by atoms with Crippen LogP contribution in [-0.2, 0) is 4.79 Å². The smallest absolute Gasteiger partial charge is 0.241 e. The molecule has 13 heavy (non-hydrogen) atoms. The number of carbonyl (C=O) groups excluding carboxylic acids is 1. The summed E-state index contributed by atoms with van der Waals surface area (Å²) in [5.41, 5.74) is 6.49. The van der Waals surface area contributed by atoms with Crippen molar-refractivity contribution in [1.82, 2.24) is 0 Å². The lowest BCUT2D eigenvalue weighted by Gasteiger charge is -2.14. The molecular formula is C9H14N2OS. The molecule has 3 nitrogen and oxygen atoms in total. The summed E-state index contributed by atoms with van der Waals surface area (Å²) in [5.74, 6) is 0.0482. The van der Waals surface area contributed by atoms with E-state index >= 15 is 0 Å². The maximum absolute atomic E-state index is 11.4. The summed E-state index contributed by atoms with van der Waals surface area (Å²) in [6, 6.07) is 1.43. The second-order valence-corrected chi connectivity index (χ2v) is 4.05. The molecule has 4 heteroatoms. The SMILES string of the molecule is CC(C)[C@@H](N)C(=O)Nc1ccsc1. The number of carbonyl (C=O) groups is 1. The molecular weight excluding hydrogens is 184 g/mol. The molecule has 1 rings (SSSR count). The summed E-state index contributed by atoms with van der Waals surface area (Å²) in [7, 11) is 0. The number of hydrogen-bond acceptors (Lipinski definition) is 3. The first-order valence-corrected chi connectivity index (χ1v) is 5.14. The Labute approximate surface area is 81.9 Å². The molecule has 0 saturated heterocycles. The lowest BCUT2D eigenvalue weighted by atomic mass is 10.1. The fraction of sp³-hybridized carbons (Fsp3) is 0.444. The standard InChI is InChI=1S/C9H14N2OS/c1-6(2)8(10)9(12)11-7-3-4-13-5-7/h3-6,8H,10H2,1-2H3,(H,11,12)/t8-/m1/s1. The Morgan fingerprint density at radius 3 is 2.77 bits per heavy atom. The highest BCUT2D eigenvalue weighted by atomic mass is 32.1. The lowest BCUT2D eigenvalue weighted by molar-refractivity contribution is -0.118. The fourth-order valence-corrected chi connectivity index (χ4v) is 1.45. The minimum absolute atomic E-state index is 0.117. The Bertz CT molecular complexity index is 269. The van der Waals surface area contributed by atoms with Crippen molar-refractivity contribution in [3.8, 4) is 0 Å². The number of rotatable bonds is 3. The maximum atomic E-state index is 11.4. The summed E-state index contributed by atoms with van der Waals surface area (Å²) in [4.78, 5) is 11.4. The molecule has 0 spiro atoms. The molecule has 1 aromatic heterocycles. The zero-order valence-electron chi connectivity index (χ0n) is 7.78. The second-order valence-electron chi connectivity index (χ2n) is 3.27. The van der Waals surface area contributed by atoms with E-state index in [0.717, 1.165) is 5.69 Å². The van der Waals surface area contributed by atoms with Crippen LogP contribution in [0.3, 0.4) is 0 Å². The van der Waals surface area contributed by atoms with Crippen molar-refractivity contribution < 1.29 is 4.79 Å². The van der Waals surface area contributed by atoms with Crippen LogP contribution in [0.2, 0.25) is 0 Å². The molecule has 0 unspecified atom stereocenters. The van der Waals surface area contributed by atoms with E-state index in [1.165, 1.54) is 0 Å². The van der Waals surface area contributed by atoms with Crippen LogP contribution < -0.4 is 11.1 Å². The van der Waals surface area contributed by atoms with E-state index in [1.807, 2.05) is 30.7 Å². The van der Waals surface area contributed by atoms with Crippen molar-refractivity contribution in [2.24, 2.45) is 11.7 Å². The topological polar surface area (TPSA) is 55.1 Å². The van der Waals surface area contributed by atoms with Crippen LogP contribution in [-0.4, -0.2) is 11.9 Å². The van der Waals surface area contributed by atoms with Gasteiger partial charge in [-0.3, -0.25) is 4.79 Å². The van der Waals surface area contributed by atoms with Crippen molar-refractivity contribution >= 4 is 22.9 Å². The third-order valence-corrected chi connectivity index (χ3v) is 2.49. The molecule has 0 bridgehead atoms. The van der Waals surface area contributed by atoms with Crippen LogP contribution in [0.5, 0.6) is 0 Å². The van der Waals surface area contributed by atoms with Gasteiger partial charge in [-0.15, -0.1) is 0 Å². The van der Waals surface area contributed by atoms with E-state index in [4.69, 9.17) is 5.73 Å². The molecule has 0 fully saturated rings. The summed E-state index contributed by atoms with van der Waals surface area (Å²) in [5, 5.41) is 6.54. The highest BCUT2D eigenvalue weighted by Crippen LogP contribution is 2.12.